The quantitative estimate of drug-likeness (QED) is 0.728. The van der Waals surface area contributed by atoms with Gasteiger partial charge in [-0.2, -0.15) is 0 Å². The summed E-state index contributed by atoms with van der Waals surface area (Å²) in [5, 5.41) is 3.24. The first kappa shape index (κ1) is 18.0. The van der Waals surface area contributed by atoms with E-state index in [4.69, 9.17) is 9.72 Å². The van der Waals surface area contributed by atoms with Gasteiger partial charge in [-0.25, -0.2) is 4.98 Å². The molecule has 3 heterocycles. The molecule has 4 rings (SSSR count). The van der Waals surface area contributed by atoms with Crippen molar-refractivity contribution in [1.82, 2.24) is 19.6 Å². The topological polar surface area (TPSA) is 41.8 Å². The lowest BCUT2D eigenvalue weighted by Crippen LogP contribution is -2.37. The van der Waals surface area contributed by atoms with E-state index in [1.54, 1.807) is 7.11 Å². The lowest BCUT2D eigenvalue weighted by molar-refractivity contribution is 0.214. The fourth-order valence-corrected chi connectivity index (χ4v) is 4.08. The number of piperidine rings is 1. The Morgan fingerprint density at radius 3 is 2.74 bits per heavy atom. The molecule has 1 N–H and O–H groups in total. The number of methoxy groups -OCH3 is 1. The van der Waals surface area contributed by atoms with Gasteiger partial charge in [0.05, 0.1) is 12.8 Å². The Morgan fingerprint density at radius 1 is 1.15 bits per heavy atom. The summed E-state index contributed by atoms with van der Waals surface area (Å²) in [6, 6.07) is 12.5. The minimum atomic E-state index is 0.576. The van der Waals surface area contributed by atoms with Crippen LogP contribution in [0.3, 0.4) is 0 Å². The Morgan fingerprint density at radius 2 is 1.96 bits per heavy atom. The van der Waals surface area contributed by atoms with Gasteiger partial charge in [0, 0.05) is 31.0 Å². The molecule has 27 heavy (non-hydrogen) atoms. The summed E-state index contributed by atoms with van der Waals surface area (Å²) in [5.41, 5.74) is 4.45. The number of fused-ring (bicyclic) bond motifs is 1. The number of ether oxygens (including phenoxy) is 1. The normalized spacial score (nSPS) is 16.1. The van der Waals surface area contributed by atoms with Crippen molar-refractivity contribution in [3.63, 3.8) is 0 Å². The van der Waals surface area contributed by atoms with Crippen LogP contribution in [0.2, 0.25) is 0 Å². The number of nitrogens with one attached hydrogen (secondary N) is 1. The molecule has 1 saturated heterocycles. The Hall–Kier alpha value is -2.37. The van der Waals surface area contributed by atoms with Crippen molar-refractivity contribution in [2.75, 3.05) is 40.3 Å². The number of para-hydroxylation sites is 1. The van der Waals surface area contributed by atoms with Crippen molar-refractivity contribution in [3.05, 3.63) is 54.4 Å². The van der Waals surface area contributed by atoms with Gasteiger partial charge < -0.3 is 19.4 Å². The molecule has 5 heteroatoms. The highest BCUT2D eigenvalue weighted by atomic mass is 16.5. The molecule has 142 valence electrons. The van der Waals surface area contributed by atoms with Crippen molar-refractivity contribution in [2.45, 2.75) is 18.8 Å². The van der Waals surface area contributed by atoms with E-state index in [9.17, 15) is 0 Å². The van der Waals surface area contributed by atoms with Crippen LogP contribution in [0.25, 0.3) is 16.9 Å². The summed E-state index contributed by atoms with van der Waals surface area (Å²) in [5.74, 6) is 1.44. The molecule has 0 bridgehead atoms. The van der Waals surface area contributed by atoms with Gasteiger partial charge in [-0.05, 0) is 62.7 Å². The predicted octanol–water partition coefficient (Wildman–Crippen LogP) is 3.41. The molecule has 1 aliphatic rings. The van der Waals surface area contributed by atoms with Crippen molar-refractivity contribution >= 4 is 5.65 Å². The maximum Gasteiger partial charge on any atom is 0.140 e. The number of imidazole rings is 1. The molecule has 0 amide bonds. The third-order valence-electron chi connectivity index (χ3n) is 5.60. The zero-order valence-electron chi connectivity index (χ0n) is 16.2. The Bertz CT molecular complexity index is 896. The zero-order chi connectivity index (χ0) is 18.6. The molecule has 0 saturated carbocycles. The van der Waals surface area contributed by atoms with Crippen molar-refractivity contribution in [2.24, 2.45) is 0 Å². The highest BCUT2D eigenvalue weighted by Gasteiger charge is 2.23. The number of likely N-dealkylation sites (N-methyl/N-ethyl adjacent to an activating group) is 1. The average molecular weight is 364 g/mol. The van der Waals surface area contributed by atoms with Crippen molar-refractivity contribution < 1.29 is 4.74 Å². The molecule has 3 aromatic rings. The number of pyridine rings is 1. The lowest BCUT2D eigenvalue weighted by atomic mass is 9.90. The van der Waals surface area contributed by atoms with Gasteiger partial charge in [0.25, 0.3) is 0 Å². The van der Waals surface area contributed by atoms with Crippen LogP contribution in [0.4, 0.5) is 0 Å². The van der Waals surface area contributed by atoms with Crippen LogP contribution in [-0.4, -0.2) is 54.6 Å². The summed E-state index contributed by atoms with van der Waals surface area (Å²) in [4.78, 5) is 7.55. The number of aromatic nitrogens is 2. The molecule has 5 nitrogen and oxygen atoms in total. The second-order valence-electron chi connectivity index (χ2n) is 7.24. The van der Waals surface area contributed by atoms with Gasteiger partial charge >= 0.3 is 0 Å². The summed E-state index contributed by atoms with van der Waals surface area (Å²) in [6.45, 7) is 4.51. The second kappa shape index (κ2) is 8.11. The minimum Gasteiger partial charge on any atom is -0.496 e. The predicted molar refractivity (Wildman–Crippen MR) is 110 cm³/mol. The number of benzene rings is 1. The lowest BCUT2D eigenvalue weighted by Gasteiger charge is -2.32. The number of nitrogens with zero attached hydrogens (tertiary/aromatic N) is 3. The van der Waals surface area contributed by atoms with Gasteiger partial charge in [0.1, 0.15) is 11.4 Å². The third kappa shape index (κ3) is 3.70. The Balaban J connectivity index is 1.61. The van der Waals surface area contributed by atoms with Crippen molar-refractivity contribution in [1.29, 1.82) is 0 Å². The number of rotatable bonds is 6. The molecule has 1 aliphatic heterocycles. The van der Waals surface area contributed by atoms with E-state index in [2.05, 4.69) is 45.2 Å². The van der Waals surface area contributed by atoms with E-state index < -0.39 is 0 Å². The molecule has 0 unspecified atom stereocenters. The first-order valence-electron chi connectivity index (χ1n) is 9.78. The monoisotopic (exact) mass is 364 g/mol. The fourth-order valence-electron chi connectivity index (χ4n) is 4.08. The molecule has 1 fully saturated rings. The highest BCUT2D eigenvalue weighted by molar-refractivity contribution is 5.70. The van der Waals surface area contributed by atoms with Gasteiger partial charge in [0.2, 0.25) is 0 Å². The summed E-state index contributed by atoms with van der Waals surface area (Å²) < 4.78 is 7.68. The van der Waals surface area contributed by atoms with E-state index in [1.165, 1.54) is 18.4 Å². The van der Waals surface area contributed by atoms with E-state index >= 15 is 0 Å². The number of likely N-dealkylation sites (tertiary alicyclic amines) is 1. The fraction of sp³-hybridized carbons (Fsp3) is 0.409. The molecule has 1 aromatic carbocycles. The van der Waals surface area contributed by atoms with Crippen LogP contribution < -0.4 is 10.1 Å². The van der Waals surface area contributed by atoms with Crippen LogP contribution in [0.15, 0.2) is 48.8 Å². The molecular formula is C22H28N4O. The summed E-state index contributed by atoms with van der Waals surface area (Å²) in [7, 11) is 3.73. The van der Waals surface area contributed by atoms with Gasteiger partial charge in [0.15, 0.2) is 0 Å². The molecule has 0 spiro atoms. The Labute approximate surface area is 161 Å². The molecule has 0 radical (unpaired) electrons. The standard InChI is InChI=1S/C22H28N4O/c1-23-11-15-25-13-9-17(10-14-25)18-7-5-12-26-16-20(24-22(18)26)19-6-3-4-8-21(19)27-2/h3-8,12,16-17,23H,9-11,13-15H2,1-2H3. The third-order valence-corrected chi connectivity index (χ3v) is 5.60. The maximum absolute atomic E-state index is 5.53. The molecule has 2 aromatic heterocycles. The van der Waals surface area contributed by atoms with Gasteiger partial charge in [-0.1, -0.05) is 18.2 Å². The van der Waals surface area contributed by atoms with Crippen LogP contribution in [0.1, 0.15) is 24.3 Å². The number of hydrogen-bond acceptors (Lipinski definition) is 4. The largest absolute Gasteiger partial charge is 0.496 e. The maximum atomic E-state index is 5.53. The van der Waals surface area contributed by atoms with E-state index in [0.717, 1.165) is 48.8 Å². The van der Waals surface area contributed by atoms with Crippen LogP contribution in [-0.2, 0) is 0 Å². The first-order valence-corrected chi connectivity index (χ1v) is 9.78. The average Bonchev–Trinajstić information content (AvgIpc) is 3.17. The smallest absolute Gasteiger partial charge is 0.140 e. The Kier molecular flexibility index (Phi) is 5.41. The SMILES string of the molecule is CNCCN1CCC(c2cccn3cc(-c4ccccc4OC)nc23)CC1. The zero-order valence-corrected chi connectivity index (χ0v) is 16.2. The minimum absolute atomic E-state index is 0.576. The first-order chi connectivity index (χ1) is 13.3. The molecule has 0 aliphatic carbocycles. The van der Waals surface area contributed by atoms with Crippen LogP contribution in [0.5, 0.6) is 5.75 Å². The van der Waals surface area contributed by atoms with Crippen LogP contribution >= 0.6 is 0 Å². The summed E-state index contributed by atoms with van der Waals surface area (Å²) in [6.07, 6.45) is 6.59. The highest BCUT2D eigenvalue weighted by Crippen LogP contribution is 2.33. The van der Waals surface area contributed by atoms with Gasteiger partial charge in [-0.15, -0.1) is 0 Å². The van der Waals surface area contributed by atoms with E-state index in [0.29, 0.717) is 5.92 Å². The van der Waals surface area contributed by atoms with E-state index in [1.807, 2.05) is 25.2 Å². The number of hydrogen-bond donors (Lipinski definition) is 1. The van der Waals surface area contributed by atoms with Crippen molar-refractivity contribution in [3.8, 4) is 17.0 Å². The summed E-state index contributed by atoms with van der Waals surface area (Å²) >= 11 is 0. The second-order valence-corrected chi connectivity index (χ2v) is 7.24. The van der Waals surface area contributed by atoms with Gasteiger partial charge in [-0.3, -0.25) is 0 Å². The molecular weight excluding hydrogens is 336 g/mol. The van der Waals surface area contributed by atoms with E-state index in [-0.39, 0.29) is 0 Å². The molecule has 0 atom stereocenters. The van der Waals surface area contributed by atoms with Crippen LogP contribution in [0, 0.1) is 0 Å².